The lowest BCUT2D eigenvalue weighted by molar-refractivity contribution is 0.193. The van der Waals surface area contributed by atoms with Gasteiger partial charge in [0, 0.05) is 30.8 Å². The summed E-state index contributed by atoms with van der Waals surface area (Å²) in [6.07, 6.45) is 3.86. The molecule has 33 heavy (non-hydrogen) atoms. The average molecular weight is 478 g/mol. The Balaban J connectivity index is 1.72. The van der Waals surface area contributed by atoms with Crippen LogP contribution in [0.2, 0.25) is 0 Å². The van der Waals surface area contributed by atoms with Crippen LogP contribution in [0.5, 0.6) is 0 Å². The molecule has 2 aromatic heterocycles. The van der Waals surface area contributed by atoms with Crippen molar-refractivity contribution in [2.24, 2.45) is 0 Å². The van der Waals surface area contributed by atoms with Gasteiger partial charge in [-0.3, -0.25) is 4.57 Å². The van der Waals surface area contributed by atoms with E-state index < -0.39 is 44.1 Å². The van der Waals surface area contributed by atoms with Gasteiger partial charge in [-0.05, 0) is 38.0 Å². The first-order chi connectivity index (χ1) is 15.7. The van der Waals surface area contributed by atoms with Gasteiger partial charge in [0.2, 0.25) is 0 Å². The van der Waals surface area contributed by atoms with Crippen molar-refractivity contribution in [2.45, 2.75) is 50.0 Å². The molecule has 4 rings (SSSR count). The molecule has 1 aliphatic heterocycles. The van der Waals surface area contributed by atoms with Gasteiger partial charge in [-0.15, -0.1) is 10.2 Å². The van der Waals surface area contributed by atoms with Gasteiger partial charge in [0.1, 0.15) is 34.7 Å². The first kappa shape index (κ1) is 23.4. The fourth-order valence-electron chi connectivity index (χ4n) is 3.84. The lowest BCUT2D eigenvalue weighted by Crippen LogP contribution is -2.28. The van der Waals surface area contributed by atoms with E-state index in [0.717, 1.165) is 17.7 Å². The van der Waals surface area contributed by atoms with Crippen molar-refractivity contribution < 1.29 is 21.9 Å². The van der Waals surface area contributed by atoms with Crippen molar-refractivity contribution in [3.8, 4) is 5.69 Å². The molecule has 0 N–H and O–H groups in total. The van der Waals surface area contributed by atoms with Crippen molar-refractivity contribution in [1.82, 2.24) is 24.7 Å². The Morgan fingerprint density at radius 3 is 2.42 bits per heavy atom. The molecule has 1 aliphatic rings. The zero-order valence-electron chi connectivity index (χ0n) is 18.6. The number of hydrogen-bond donors (Lipinski definition) is 0. The predicted octanol–water partition coefficient (Wildman–Crippen LogP) is 3.25. The third-order valence-corrected chi connectivity index (χ3v) is 8.22. The van der Waals surface area contributed by atoms with Crippen LogP contribution >= 0.6 is 0 Å². The van der Waals surface area contributed by atoms with Crippen molar-refractivity contribution in [3.05, 3.63) is 65.3 Å². The van der Waals surface area contributed by atoms with Gasteiger partial charge in [0.05, 0.1) is 11.9 Å². The highest BCUT2D eigenvalue weighted by molar-refractivity contribution is 7.91. The Hall–Kier alpha value is -2.79. The molecule has 3 aromatic rings. The minimum atomic E-state index is -3.82. The van der Waals surface area contributed by atoms with Gasteiger partial charge in [0.25, 0.3) is 0 Å². The summed E-state index contributed by atoms with van der Waals surface area (Å²) in [7, 11) is -3.82. The molecule has 0 spiro atoms. The van der Waals surface area contributed by atoms with Crippen LogP contribution in [0.4, 0.5) is 8.78 Å². The third-order valence-electron chi connectivity index (χ3n) is 6.02. The summed E-state index contributed by atoms with van der Waals surface area (Å²) < 4.78 is 62.7. The number of halogens is 2. The number of nitrogens with zero attached hydrogens (tertiary/aromatic N) is 5. The van der Waals surface area contributed by atoms with Crippen LogP contribution in [0.1, 0.15) is 55.1 Å². The highest BCUT2D eigenvalue weighted by Crippen LogP contribution is 2.31. The van der Waals surface area contributed by atoms with Crippen LogP contribution < -0.4 is 0 Å². The first-order valence-electron chi connectivity index (χ1n) is 10.7. The van der Waals surface area contributed by atoms with Crippen LogP contribution in [-0.2, 0) is 20.3 Å². The molecular weight excluding hydrogens is 452 g/mol. The van der Waals surface area contributed by atoms with E-state index in [-0.39, 0.29) is 17.6 Å². The molecule has 0 amide bonds. The second-order valence-corrected chi connectivity index (χ2v) is 10.7. The minimum absolute atomic E-state index is 0.0511. The summed E-state index contributed by atoms with van der Waals surface area (Å²) in [5.41, 5.74) is 0.474. The van der Waals surface area contributed by atoms with Crippen LogP contribution in [0.25, 0.3) is 5.69 Å². The molecule has 0 radical (unpaired) electrons. The van der Waals surface area contributed by atoms with Gasteiger partial charge >= 0.3 is 0 Å². The van der Waals surface area contributed by atoms with Crippen LogP contribution in [0, 0.1) is 18.6 Å². The molecule has 0 saturated carbocycles. The van der Waals surface area contributed by atoms with Crippen LogP contribution in [0.3, 0.4) is 0 Å². The number of aromatic nitrogens is 5. The molecule has 1 aromatic carbocycles. The molecule has 3 atom stereocenters. The second kappa shape index (κ2) is 9.22. The Bertz CT molecular complexity index is 1220. The quantitative estimate of drug-likeness (QED) is 0.515. The van der Waals surface area contributed by atoms with Crippen molar-refractivity contribution in [2.75, 3.05) is 13.2 Å². The highest BCUT2D eigenvalue weighted by Gasteiger charge is 2.34. The molecule has 0 aliphatic carbocycles. The number of rotatable bonds is 7. The molecule has 1 fully saturated rings. The zero-order valence-corrected chi connectivity index (χ0v) is 19.4. The lowest BCUT2D eigenvalue weighted by atomic mass is 10.1. The smallest absolute Gasteiger partial charge is 0.160 e. The zero-order chi connectivity index (χ0) is 23.8. The van der Waals surface area contributed by atoms with E-state index in [1.807, 2.05) is 6.92 Å². The maximum atomic E-state index is 14.7. The maximum Gasteiger partial charge on any atom is 0.160 e. The fourth-order valence-corrected chi connectivity index (χ4v) is 5.40. The largest absolute Gasteiger partial charge is 0.381 e. The van der Waals surface area contributed by atoms with Crippen molar-refractivity contribution >= 4 is 9.84 Å². The monoisotopic (exact) mass is 477 g/mol. The number of benzene rings is 1. The number of para-hydroxylation sites is 1. The Kier molecular flexibility index (Phi) is 6.53. The van der Waals surface area contributed by atoms with E-state index in [9.17, 15) is 17.2 Å². The summed E-state index contributed by atoms with van der Waals surface area (Å²) in [6.45, 7) is 5.94. The molecule has 3 heterocycles. The minimum Gasteiger partial charge on any atom is -0.381 e. The van der Waals surface area contributed by atoms with Crippen molar-refractivity contribution in [1.29, 1.82) is 0 Å². The Morgan fingerprint density at radius 2 is 1.82 bits per heavy atom. The van der Waals surface area contributed by atoms with Gasteiger partial charge in [0.15, 0.2) is 15.7 Å². The molecule has 0 unspecified atom stereocenters. The Labute approximate surface area is 191 Å². The Morgan fingerprint density at radius 1 is 1.15 bits per heavy atom. The van der Waals surface area contributed by atoms with Crippen LogP contribution in [-0.4, -0.2) is 51.6 Å². The lowest BCUT2D eigenvalue weighted by Gasteiger charge is -2.20. The van der Waals surface area contributed by atoms with Crippen molar-refractivity contribution in [3.63, 3.8) is 0 Å². The molecule has 0 bridgehead atoms. The summed E-state index contributed by atoms with van der Waals surface area (Å²) in [5, 5.41) is 7.30. The summed E-state index contributed by atoms with van der Waals surface area (Å²) in [4.78, 5) is 8.49. The standard InChI is InChI=1S/C22H25F2N5O3S/c1-13-9-25-21(26-10-13)14(2)15(3)33(30,31)12-19-27-28-22(16-7-8-32-11-16)29(19)20-17(23)5-4-6-18(20)24/h4-6,9-10,14-16H,7-8,11-12H2,1-3H3/t14-,15-,16-/m0/s1. The van der Waals surface area contributed by atoms with E-state index in [0.29, 0.717) is 25.5 Å². The predicted molar refractivity (Wildman–Crippen MR) is 117 cm³/mol. The van der Waals surface area contributed by atoms with Gasteiger partial charge in [-0.2, -0.15) is 0 Å². The SMILES string of the molecule is Cc1cnc([C@@H](C)[C@H](C)S(=O)(=O)Cc2nnc([C@H]3CCOC3)n2-c2c(F)cccc2F)nc1. The van der Waals surface area contributed by atoms with Gasteiger partial charge in [-0.1, -0.05) is 13.0 Å². The summed E-state index contributed by atoms with van der Waals surface area (Å²) >= 11 is 0. The summed E-state index contributed by atoms with van der Waals surface area (Å²) in [6, 6.07) is 3.48. The third kappa shape index (κ3) is 4.65. The van der Waals surface area contributed by atoms with E-state index in [2.05, 4.69) is 20.2 Å². The molecule has 11 heteroatoms. The average Bonchev–Trinajstić information content (AvgIpc) is 3.43. The topological polar surface area (TPSA) is 99.9 Å². The van der Waals surface area contributed by atoms with Crippen LogP contribution in [0.15, 0.2) is 30.6 Å². The van der Waals surface area contributed by atoms with E-state index in [1.165, 1.54) is 10.6 Å². The fraction of sp³-hybridized carbons (Fsp3) is 0.455. The molecule has 8 nitrogen and oxygen atoms in total. The summed E-state index contributed by atoms with van der Waals surface area (Å²) in [5.74, 6) is -2.31. The number of aryl methyl sites for hydroxylation is 1. The number of sulfone groups is 1. The maximum absolute atomic E-state index is 14.7. The number of ether oxygens (including phenoxy) is 1. The normalized spacial score (nSPS) is 18.4. The molecular formula is C22H25F2N5O3S. The second-order valence-electron chi connectivity index (χ2n) is 8.36. The van der Waals surface area contributed by atoms with E-state index in [1.54, 1.807) is 26.2 Å². The first-order valence-corrected chi connectivity index (χ1v) is 12.4. The van der Waals surface area contributed by atoms with Gasteiger partial charge < -0.3 is 4.74 Å². The molecule has 1 saturated heterocycles. The van der Waals surface area contributed by atoms with E-state index in [4.69, 9.17) is 4.74 Å². The van der Waals surface area contributed by atoms with E-state index >= 15 is 0 Å². The molecule has 176 valence electrons. The highest BCUT2D eigenvalue weighted by atomic mass is 32.2. The number of hydrogen-bond acceptors (Lipinski definition) is 7. The van der Waals surface area contributed by atoms with Gasteiger partial charge in [-0.25, -0.2) is 27.2 Å².